The van der Waals surface area contributed by atoms with Gasteiger partial charge in [-0.25, -0.2) is 0 Å². The van der Waals surface area contributed by atoms with E-state index in [1.807, 2.05) is 50.2 Å². The predicted octanol–water partition coefficient (Wildman–Crippen LogP) is 3.27. The number of aryl methyl sites for hydroxylation is 1. The molecule has 110 valence electrons. The van der Waals surface area contributed by atoms with E-state index < -0.39 is 0 Å². The molecule has 0 fully saturated rings. The van der Waals surface area contributed by atoms with Crippen LogP contribution in [0.1, 0.15) is 23.6 Å². The lowest BCUT2D eigenvalue weighted by Gasteiger charge is -2.06. The van der Waals surface area contributed by atoms with Gasteiger partial charge in [0.1, 0.15) is 11.2 Å². The maximum atomic E-state index is 12.5. The first kappa shape index (κ1) is 14.1. The number of benzene rings is 1. The third-order valence-electron chi connectivity index (χ3n) is 3.59. The summed E-state index contributed by atoms with van der Waals surface area (Å²) in [5, 5.41) is 10.1. The molecule has 3 aromatic rings. The van der Waals surface area contributed by atoms with Crippen molar-refractivity contribution in [3.05, 3.63) is 75.7 Å². The van der Waals surface area contributed by atoms with E-state index in [-0.39, 0.29) is 17.0 Å². The summed E-state index contributed by atoms with van der Waals surface area (Å²) >= 11 is 0. The minimum atomic E-state index is -0.280. The van der Waals surface area contributed by atoms with Gasteiger partial charge in [-0.05, 0) is 48.8 Å². The second kappa shape index (κ2) is 5.48. The molecule has 0 spiro atoms. The molecule has 4 nitrogen and oxygen atoms in total. The summed E-state index contributed by atoms with van der Waals surface area (Å²) in [5.41, 5.74) is 3.23. The molecule has 0 aliphatic heterocycles. The third-order valence-corrected chi connectivity index (χ3v) is 3.59. The highest BCUT2D eigenvalue weighted by Crippen LogP contribution is 2.20. The second-order valence-corrected chi connectivity index (χ2v) is 5.28. The summed E-state index contributed by atoms with van der Waals surface area (Å²) in [5.74, 6) is -0.245. The van der Waals surface area contributed by atoms with Gasteiger partial charge >= 0.3 is 0 Å². The van der Waals surface area contributed by atoms with Crippen molar-refractivity contribution < 1.29 is 5.11 Å². The molecule has 0 radical (unpaired) electrons. The van der Waals surface area contributed by atoms with Crippen LogP contribution in [0.25, 0.3) is 17.3 Å². The second-order valence-electron chi connectivity index (χ2n) is 5.28. The predicted molar refractivity (Wildman–Crippen MR) is 87.9 cm³/mol. The van der Waals surface area contributed by atoms with E-state index in [9.17, 15) is 9.90 Å². The van der Waals surface area contributed by atoms with Crippen molar-refractivity contribution in [1.29, 1.82) is 0 Å². The number of aromatic nitrogens is 2. The zero-order chi connectivity index (χ0) is 15.7. The Bertz CT molecular complexity index is 925. The van der Waals surface area contributed by atoms with Gasteiger partial charge in [0.25, 0.3) is 5.56 Å². The van der Waals surface area contributed by atoms with Gasteiger partial charge in [-0.3, -0.25) is 9.20 Å². The first-order valence-electron chi connectivity index (χ1n) is 7.02. The Hall–Kier alpha value is -2.88. The Morgan fingerprint density at radius 2 is 1.95 bits per heavy atom. The standard InChI is InChI=1S/C18H16N2O2/c1-12-8-9-20-16(10-12)19-17(21)15(18(20)22)11-13(2)14-6-4-3-5-7-14/h3-11,21H,1-2H3. The van der Waals surface area contributed by atoms with Crippen molar-refractivity contribution in [2.24, 2.45) is 0 Å². The zero-order valence-corrected chi connectivity index (χ0v) is 12.4. The van der Waals surface area contributed by atoms with Crippen molar-refractivity contribution in [1.82, 2.24) is 9.38 Å². The fourth-order valence-electron chi connectivity index (χ4n) is 2.37. The van der Waals surface area contributed by atoms with Crippen LogP contribution in [0.5, 0.6) is 5.88 Å². The average Bonchev–Trinajstić information content (AvgIpc) is 2.51. The number of nitrogens with zero attached hydrogens (tertiary/aromatic N) is 2. The molecule has 0 bridgehead atoms. The molecule has 1 aromatic carbocycles. The highest BCUT2D eigenvalue weighted by Gasteiger charge is 2.10. The summed E-state index contributed by atoms with van der Waals surface area (Å²) in [6.07, 6.45) is 3.35. The van der Waals surface area contributed by atoms with E-state index >= 15 is 0 Å². The minimum Gasteiger partial charge on any atom is -0.493 e. The van der Waals surface area contributed by atoms with Gasteiger partial charge in [-0.2, -0.15) is 4.98 Å². The van der Waals surface area contributed by atoms with Gasteiger partial charge in [0.05, 0.1) is 0 Å². The summed E-state index contributed by atoms with van der Waals surface area (Å²) in [6, 6.07) is 13.3. The number of hydrogen-bond donors (Lipinski definition) is 1. The Morgan fingerprint density at radius 3 is 2.68 bits per heavy atom. The average molecular weight is 292 g/mol. The maximum absolute atomic E-state index is 12.5. The normalized spacial score (nSPS) is 11.8. The SMILES string of the molecule is CC(=Cc1c(O)nc2cc(C)ccn2c1=O)c1ccccc1. The lowest BCUT2D eigenvalue weighted by atomic mass is 10.1. The number of hydrogen-bond acceptors (Lipinski definition) is 3. The fourth-order valence-corrected chi connectivity index (χ4v) is 2.37. The van der Waals surface area contributed by atoms with Crippen molar-refractivity contribution in [2.75, 3.05) is 0 Å². The maximum Gasteiger partial charge on any atom is 0.269 e. The third kappa shape index (κ3) is 2.51. The van der Waals surface area contributed by atoms with Gasteiger partial charge in [0.2, 0.25) is 5.88 Å². The number of pyridine rings is 1. The van der Waals surface area contributed by atoms with Gasteiger partial charge in [0, 0.05) is 6.20 Å². The van der Waals surface area contributed by atoms with Gasteiger partial charge in [-0.1, -0.05) is 30.3 Å². The highest BCUT2D eigenvalue weighted by atomic mass is 16.3. The van der Waals surface area contributed by atoms with E-state index in [0.717, 1.165) is 16.7 Å². The van der Waals surface area contributed by atoms with Crippen LogP contribution in [0.3, 0.4) is 0 Å². The van der Waals surface area contributed by atoms with Crippen molar-refractivity contribution in [2.45, 2.75) is 13.8 Å². The number of fused-ring (bicyclic) bond motifs is 1. The molecule has 1 N–H and O–H groups in total. The molecule has 0 saturated carbocycles. The van der Waals surface area contributed by atoms with E-state index in [1.165, 1.54) is 4.40 Å². The molecular formula is C18H16N2O2. The van der Waals surface area contributed by atoms with E-state index in [1.54, 1.807) is 18.3 Å². The minimum absolute atomic E-state index is 0.197. The summed E-state index contributed by atoms with van der Waals surface area (Å²) < 4.78 is 1.44. The van der Waals surface area contributed by atoms with E-state index in [2.05, 4.69) is 4.98 Å². The molecule has 0 saturated heterocycles. The Kier molecular flexibility index (Phi) is 3.51. The van der Waals surface area contributed by atoms with Crippen molar-refractivity contribution in [3.63, 3.8) is 0 Å². The summed E-state index contributed by atoms with van der Waals surface area (Å²) in [4.78, 5) is 16.7. The van der Waals surface area contributed by atoms with Crippen LogP contribution < -0.4 is 5.56 Å². The fraction of sp³-hybridized carbons (Fsp3) is 0.111. The molecular weight excluding hydrogens is 276 g/mol. The molecule has 2 heterocycles. The van der Waals surface area contributed by atoms with Crippen LogP contribution in [-0.4, -0.2) is 14.5 Å². The highest BCUT2D eigenvalue weighted by molar-refractivity contribution is 5.81. The molecule has 3 rings (SSSR count). The summed E-state index contributed by atoms with van der Waals surface area (Å²) in [6.45, 7) is 3.81. The monoisotopic (exact) mass is 292 g/mol. The van der Waals surface area contributed by atoms with Crippen LogP contribution in [-0.2, 0) is 0 Å². The first-order chi connectivity index (χ1) is 10.6. The quantitative estimate of drug-likeness (QED) is 0.788. The van der Waals surface area contributed by atoms with E-state index in [4.69, 9.17) is 0 Å². The molecule has 0 aliphatic carbocycles. The van der Waals surface area contributed by atoms with Crippen molar-refractivity contribution >= 4 is 17.3 Å². The van der Waals surface area contributed by atoms with Crippen LogP contribution in [0.4, 0.5) is 0 Å². The van der Waals surface area contributed by atoms with Gasteiger partial charge in [0.15, 0.2) is 0 Å². The lowest BCUT2D eigenvalue weighted by Crippen LogP contribution is -2.17. The molecule has 4 heteroatoms. The molecule has 0 unspecified atom stereocenters. The lowest BCUT2D eigenvalue weighted by molar-refractivity contribution is 0.451. The van der Waals surface area contributed by atoms with Crippen LogP contribution >= 0.6 is 0 Å². The molecule has 2 aromatic heterocycles. The Morgan fingerprint density at radius 1 is 1.23 bits per heavy atom. The topological polar surface area (TPSA) is 54.6 Å². The van der Waals surface area contributed by atoms with Gasteiger partial charge < -0.3 is 5.11 Å². The van der Waals surface area contributed by atoms with E-state index in [0.29, 0.717) is 5.65 Å². The zero-order valence-electron chi connectivity index (χ0n) is 12.4. The molecule has 0 amide bonds. The van der Waals surface area contributed by atoms with Crippen LogP contribution in [0.2, 0.25) is 0 Å². The van der Waals surface area contributed by atoms with Crippen molar-refractivity contribution in [3.8, 4) is 5.88 Å². The largest absolute Gasteiger partial charge is 0.493 e. The number of rotatable bonds is 2. The first-order valence-corrected chi connectivity index (χ1v) is 7.02. The Labute approximate surface area is 128 Å². The van der Waals surface area contributed by atoms with Gasteiger partial charge in [-0.15, -0.1) is 0 Å². The molecule has 0 aliphatic rings. The number of aromatic hydroxyl groups is 1. The molecule has 22 heavy (non-hydrogen) atoms. The number of allylic oxidation sites excluding steroid dienone is 1. The Balaban J connectivity index is 2.20. The van der Waals surface area contributed by atoms with Crippen LogP contribution in [0.15, 0.2) is 53.5 Å². The van der Waals surface area contributed by atoms with Crippen LogP contribution in [0, 0.1) is 6.92 Å². The molecule has 0 atom stereocenters. The smallest absolute Gasteiger partial charge is 0.269 e. The summed E-state index contributed by atoms with van der Waals surface area (Å²) in [7, 11) is 0.